The number of nitrogens with one attached hydrogen (secondary N) is 1. The molecule has 3 heterocycles. The molecular weight excluding hydrogens is 480 g/mol. The van der Waals surface area contributed by atoms with Crippen molar-refractivity contribution in [3.63, 3.8) is 0 Å². The maximum absolute atomic E-state index is 8.36. The number of hydrogen-bond donors (Lipinski definition) is 2. The second-order valence-electron chi connectivity index (χ2n) is 9.26. The van der Waals surface area contributed by atoms with Crippen LogP contribution in [0.5, 0.6) is 5.75 Å². The summed E-state index contributed by atoms with van der Waals surface area (Å²) in [5.74, 6) is 3.21. The van der Waals surface area contributed by atoms with Crippen LogP contribution in [0.4, 0.5) is 11.6 Å². The van der Waals surface area contributed by atoms with Crippen molar-refractivity contribution in [1.82, 2.24) is 19.6 Å². The van der Waals surface area contributed by atoms with Crippen LogP contribution in [-0.2, 0) is 4.79 Å². The molecule has 0 aliphatic carbocycles. The summed E-state index contributed by atoms with van der Waals surface area (Å²) in [6.45, 7) is 5.94. The summed E-state index contributed by atoms with van der Waals surface area (Å²) in [6.07, 6.45) is 2.03. The maximum Gasteiger partial charge on any atom is 0.290 e. The van der Waals surface area contributed by atoms with E-state index >= 15 is 0 Å². The third-order valence-electron chi connectivity index (χ3n) is 6.24. The first-order chi connectivity index (χ1) is 18.2. The van der Waals surface area contributed by atoms with E-state index in [2.05, 4.69) is 66.6 Å². The quantitative estimate of drug-likeness (QED) is 0.287. The Hall–Kier alpha value is -4.66. The van der Waals surface area contributed by atoms with Gasteiger partial charge in [-0.3, -0.25) is 4.79 Å². The molecule has 196 valence electrons. The second-order valence-corrected chi connectivity index (χ2v) is 9.26. The van der Waals surface area contributed by atoms with Gasteiger partial charge in [0.05, 0.1) is 12.6 Å². The van der Waals surface area contributed by atoms with E-state index in [1.165, 1.54) is 11.1 Å². The molecule has 0 aliphatic heterocycles. The molecule has 0 spiro atoms. The van der Waals surface area contributed by atoms with Gasteiger partial charge >= 0.3 is 0 Å². The number of methoxy groups -OCH3 is 1. The number of benzene rings is 2. The van der Waals surface area contributed by atoms with E-state index < -0.39 is 0 Å². The second kappa shape index (κ2) is 11.2. The Morgan fingerprint density at radius 1 is 1.05 bits per heavy atom. The van der Waals surface area contributed by atoms with Crippen molar-refractivity contribution >= 4 is 34.5 Å². The van der Waals surface area contributed by atoms with Gasteiger partial charge < -0.3 is 20.1 Å². The molecule has 0 unspecified atom stereocenters. The number of carboxylic acid groups (broad SMARTS) is 1. The first-order valence-corrected chi connectivity index (χ1v) is 12.2. The van der Waals surface area contributed by atoms with Crippen LogP contribution in [0.25, 0.3) is 27.5 Å². The summed E-state index contributed by atoms with van der Waals surface area (Å²) in [6, 6.07) is 19.0. The van der Waals surface area contributed by atoms with Gasteiger partial charge in [-0.2, -0.15) is 5.10 Å². The topological polar surface area (TPSA) is 105 Å². The fraction of sp³-hybridized carbons (Fsp3) is 0.241. The number of rotatable bonds is 6. The molecule has 5 rings (SSSR count). The number of fused-ring (bicyclic) bond motifs is 2. The standard InChI is InChI=1S/C28H30N6O.CH2O2/c1-17-8-7-9-20(12-17)18(2)29-28-23-13-21(10-11-24(23)30-19(3)31-28)22-14-26(35-6)25-15-27(33(4)5)32-34(25)16-22;2-1-3/h7-16,18H,1-6H3,(H,29,30,31);1H,(H,2,3)/t18-;/m1./s1. The summed E-state index contributed by atoms with van der Waals surface area (Å²) in [5.41, 5.74) is 6.33. The molecule has 0 bridgehead atoms. The minimum absolute atomic E-state index is 0.0982. The molecule has 9 heteroatoms. The predicted octanol–water partition coefficient (Wildman–Crippen LogP) is 5.51. The van der Waals surface area contributed by atoms with Gasteiger partial charge in [-0.15, -0.1) is 0 Å². The van der Waals surface area contributed by atoms with E-state index in [0.29, 0.717) is 0 Å². The van der Waals surface area contributed by atoms with E-state index in [0.717, 1.165) is 50.8 Å². The van der Waals surface area contributed by atoms with Crippen LogP contribution in [0, 0.1) is 13.8 Å². The lowest BCUT2D eigenvalue weighted by atomic mass is 10.0. The van der Waals surface area contributed by atoms with Crippen LogP contribution in [0.3, 0.4) is 0 Å². The normalized spacial score (nSPS) is 11.5. The van der Waals surface area contributed by atoms with E-state index in [1.807, 2.05) is 48.8 Å². The van der Waals surface area contributed by atoms with Crippen molar-refractivity contribution in [2.45, 2.75) is 26.8 Å². The molecule has 3 aromatic heterocycles. The van der Waals surface area contributed by atoms with Crippen molar-refractivity contribution < 1.29 is 14.6 Å². The molecule has 0 amide bonds. The Morgan fingerprint density at radius 2 is 1.82 bits per heavy atom. The fourth-order valence-corrected chi connectivity index (χ4v) is 4.35. The first-order valence-electron chi connectivity index (χ1n) is 12.2. The van der Waals surface area contributed by atoms with Crippen LogP contribution < -0.4 is 15.0 Å². The third-order valence-corrected chi connectivity index (χ3v) is 6.24. The molecule has 1 atom stereocenters. The molecule has 0 radical (unpaired) electrons. The zero-order valence-electron chi connectivity index (χ0n) is 22.4. The van der Waals surface area contributed by atoms with Gasteiger partial charge in [-0.1, -0.05) is 35.9 Å². The number of hydrogen-bond acceptors (Lipinski definition) is 7. The van der Waals surface area contributed by atoms with Crippen LogP contribution in [-0.4, -0.2) is 52.4 Å². The van der Waals surface area contributed by atoms with Gasteiger partial charge in [-0.25, -0.2) is 14.5 Å². The van der Waals surface area contributed by atoms with E-state index in [-0.39, 0.29) is 12.5 Å². The molecule has 0 saturated carbocycles. The largest absolute Gasteiger partial charge is 0.494 e. The summed E-state index contributed by atoms with van der Waals surface area (Å²) >= 11 is 0. The molecule has 0 saturated heterocycles. The smallest absolute Gasteiger partial charge is 0.290 e. The highest BCUT2D eigenvalue weighted by molar-refractivity contribution is 5.93. The Morgan fingerprint density at radius 3 is 2.50 bits per heavy atom. The van der Waals surface area contributed by atoms with Gasteiger partial charge in [0.15, 0.2) is 5.82 Å². The minimum Gasteiger partial charge on any atom is -0.494 e. The van der Waals surface area contributed by atoms with Gasteiger partial charge in [0.2, 0.25) is 0 Å². The molecule has 2 aromatic carbocycles. The number of carbonyl (C=O) groups is 1. The van der Waals surface area contributed by atoms with Gasteiger partial charge in [0.25, 0.3) is 6.47 Å². The highest BCUT2D eigenvalue weighted by atomic mass is 16.5. The lowest BCUT2D eigenvalue weighted by molar-refractivity contribution is -0.122. The molecule has 5 aromatic rings. The van der Waals surface area contributed by atoms with Crippen molar-refractivity contribution in [3.05, 3.63) is 77.7 Å². The molecule has 9 nitrogen and oxygen atoms in total. The highest BCUT2D eigenvalue weighted by Gasteiger charge is 2.15. The van der Waals surface area contributed by atoms with E-state index in [9.17, 15) is 0 Å². The van der Waals surface area contributed by atoms with Crippen LogP contribution in [0.2, 0.25) is 0 Å². The molecular formula is C29H32N6O3. The Balaban J connectivity index is 0.00000107. The average molecular weight is 513 g/mol. The van der Waals surface area contributed by atoms with Crippen LogP contribution in [0.15, 0.2) is 60.8 Å². The van der Waals surface area contributed by atoms with Crippen molar-refractivity contribution in [1.29, 1.82) is 0 Å². The average Bonchev–Trinajstić information content (AvgIpc) is 3.33. The van der Waals surface area contributed by atoms with E-state index in [1.54, 1.807) is 7.11 Å². The molecule has 2 N–H and O–H groups in total. The van der Waals surface area contributed by atoms with Crippen molar-refractivity contribution in [2.24, 2.45) is 0 Å². The predicted molar refractivity (Wildman–Crippen MR) is 151 cm³/mol. The Bertz CT molecular complexity index is 1590. The molecule has 0 fully saturated rings. The fourth-order valence-electron chi connectivity index (χ4n) is 4.35. The number of aryl methyl sites for hydroxylation is 2. The van der Waals surface area contributed by atoms with Crippen molar-refractivity contribution in [3.8, 4) is 16.9 Å². The maximum atomic E-state index is 8.36. The zero-order valence-corrected chi connectivity index (χ0v) is 22.4. The minimum atomic E-state index is -0.250. The molecule has 0 aliphatic rings. The van der Waals surface area contributed by atoms with E-state index in [4.69, 9.17) is 24.7 Å². The number of ether oxygens (including phenoxy) is 1. The number of aromatic nitrogens is 4. The summed E-state index contributed by atoms with van der Waals surface area (Å²) in [5, 5.41) is 16.2. The third kappa shape index (κ3) is 5.51. The summed E-state index contributed by atoms with van der Waals surface area (Å²) < 4.78 is 7.58. The van der Waals surface area contributed by atoms with Crippen LogP contribution in [0.1, 0.15) is 29.9 Å². The summed E-state index contributed by atoms with van der Waals surface area (Å²) in [7, 11) is 5.65. The summed E-state index contributed by atoms with van der Waals surface area (Å²) in [4.78, 5) is 19.8. The zero-order chi connectivity index (χ0) is 27.4. The molecule has 38 heavy (non-hydrogen) atoms. The Kier molecular flexibility index (Phi) is 7.76. The number of anilines is 2. The lowest BCUT2D eigenvalue weighted by Crippen LogP contribution is -2.09. The van der Waals surface area contributed by atoms with Crippen LogP contribution >= 0.6 is 0 Å². The van der Waals surface area contributed by atoms with Gasteiger partial charge in [0, 0.05) is 43.4 Å². The number of nitrogens with zero attached hydrogens (tertiary/aromatic N) is 5. The highest BCUT2D eigenvalue weighted by Crippen LogP contribution is 2.33. The first kappa shape index (κ1) is 26.4. The van der Waals surface area contributed by atoms with Gasteiger partial charge in [-0.05, 0) is 50.1 Å². The SMILES string of the molecule is COc1cc(-c2ccc3nc(C)nc(N[C@H](C)c4cccc(C)c4)c3c2)cn2nc(N(C)C)cc12.O=CO. The monoisotopic (exact) mass is 512 g/mol. The Labute approximate surface area is 221 Å². The van der Waals surface area contributed by atoms with Crippen molar-refractivity contribution in [2.75, 3.05) is 31.4 Å². The number of pyridine rings is 1. The van der Waals surface area contributed by atoms with Gasteiger partial charge in [0.1, 0.15) is 22.9 Å². The lowest BCUT2D eigenvalue weighted by Gasteiger charge is -2.18.